The second-order valence-corrected chi connectivity index (χ2v) is 5.25. The van der Waals surface area contributed by atoms with Gasteiger partial charge in [-0.2, -0.15) is 0 Å². The largest absolute Gasteiger partial charge is 0.478 e. The lowest BCUT2D eigenvalue weighted by molar-refractivity contribution is 0.0696. The summed E-state index contributed by atoms with van der Waals surface area (Å²) in [5, 5.41) is 9.81. The fourth-order valence-corrected chi connectivity index (χ4v) is 2.60. The predicted molar refractivity (Wildman–Crippen MR) is 72.8 cm³/mol. The van der Waals surface area contributed by atoms with Crippen molar-refractivity contribution in [3.63, 3.8) is 0 Å². The van der Waals surface area contributed by atoms with E-state index < -0.39 is 5.97 Å². The number of carboxylic acid groups (broad SMARTS) is 1. The van der Waals surface area contributed by atoms with E-state index in [4.69, 9.17) is 9.52 Å². The molecule has 0 unspecified atom stereocenters. The summed E-state index contributed by atoms with van der Waals surface area (Å²) in [5.41, 5.74) is 1.09. The summed E-state index contributed by atoms with van der Waals surface area (Å²) in [4.78, 5) is 16.6. The maximum absolute atomic E-state index is 11.1. The van der Waals surface area contributed by atoms with Crippen LogP contribution >= 0.6 is 11.8 Å². The standard InChI is InChI=1S/C14H15NO3S/c1-3-4-11-7-10(14(16)17)8-13(15-11)19-12-5-6-18-9(12)2/h5-8H,3-4H2,1-2H3,(H,16,17). The number of hydrogen-bond acceptors (Lipinski definition) is 4. The molecule has 2 aromatic rings. The number of nitrogens with zero attached hydrogens (tertiary/aromatic N) is 1. The van der Waals surface area contributed by atoms with E-state index in [-0.39, 0.29) is 5.56 Å². The minimum absolute atomic E-state index is 0.280. The molecule has 0 amide bonds. The van der Waals surface area contributed by atoms with Crippen LogP contribution in [0.5, 0.6) is 0 Å². The molecule has 0 aliphatic rings. The Morgan fingerprint density at radius 3 is 2.84 bits per heavy atom. The van der Waals surface area contributed by atoms with Gasteiger partial charge >= 0.3 is 5.97 Å². The molecule has 0 aliphatic heterocycles. The molecule has 0 aromatic carbocycles. The zero-order valence-electron chi connectivity index (χ0n) is 10.8. The number of hydrogen-bond donors (Lipinski definition) is 1. The van der Waals surface area contributed by atoms with E-state index >= 15 is 0 Å². The summed E-state index contributed by atoms with van der Waals surface area (Å²) in [7, 11) is 0. The van der Waals surface area contributed by atoms with Crippen molar-refractivity contribution in [2.75, 3.05) is 0 Å². The molecular weight excluding hydrogens is 262 g/mol. The molecule has 0 spiro atoms. The van der Waals surface area contributed by atoms with Crippen LogP contribution in [0.25, 0.3) is 0 Å². The lowest BCUT2D eigenvalue weighted by Crippen LogP contribution is -2.01. The van der Waals surface area contributed by atoms with Crippen LogP contribution in [0.3, 0.4) is 0 Å². The molecule has 2 heterocycles. The van der Waals surface area contributed by atoms with Gasteiger partial charge in [-0.05, 0) is 31.5 Å². The highest BCUT2D eigenvalue weighted by Gasteiger charge is 2.11. The molecule has 0 saturated carbocycles. The Bertz CT molecular complexity index is 592. The molecule has 5 heteroatoms. The van der Waals surface area contributed by atoms with E-state index in [1.54, 1.807) is 18.4 Å². The molecule has 2 rings (SSSR count). The van der Waals surface area contributed by atoms with Crippen molar-refractivity contribution in [1.82, 2.24) is 4.98 Å². The van der Waals surface area contributed by atoms with Gasteiger partial charge in [-0.1, -0.05) is 25.1 Å². The molecule has 19 heavy (non-hydrogen) atoms. The number of furan rings is 1. The van der Waals surface area contributed by atoms with Crippen LogP contribution in [0.4, 0.5) is 0 Å². The number of aromatic carboxylic acids is 1. The third-order valence-corrected chi connectivity index (χ3v) is 3.70. The summed E-state index contributed by atoms with van der Waals surface area (Å²) in [5.74, 6) is -0.116. The van der Waals surface area contributed by atoms with Crippen molar-refractivity contribution < 1.29 is 14.3 Å². The minimum atomic E-state index is -0.925. The fourth-order valence-electron chi connectivity index (χ4n) is 1.71. The molecule has 0 atom stereocenters. The van der Waals surface area contributed by atoms with Crippen molar-refractivity contribution >= 4 is 17.7 Å². The van der Waals surface area contributed by atoms with E-state index in [9.17, 15) is 4.79 Å². The average molecular weight is 277 g/mol. The first-order chi connectivity index (χ1) is 9.10. The van der Waals surface area contributed by atoms with Gasteiger partial charge in [0.25, 0.3) is 0 Å². The Labute approximate surface area is 115 Å². The lowest BCUT2D eigenvalue weighted by atomic mass is 10.2. The quantitative estimate of drug-likeness (QED) is 0.901. The van der Waals surface area contributed by atoms with Crippen LogP contribution in [0.15, 0.2) is 38.8 Å². The summed E-state index contributed by atoms with van der Waals surface area (Å²) >= 11 is 1.42. The van der Waals surface area contributed by atoms with E-state index in [1.165, 1.54) is 11.8 Å². The zero-order valence-corrected chi connectivity index (χ0v) is 11.7. The number of pyridine rings is 1. The van der Waals surface area contributed by atoms with Gasteiger partial charge in [0.15, 0.2) is 0 Å². The Balaban J connectivity index is 2.33. The van der Waals surface area contributed by atoms with E-state index in [2.05, 4.69) is 4.98 Å². The van der Waals surface area contributed by atoms with Crippen molar-refractivity contribution in [2.45, 2.75) is 36.6 Å². The second kappa shape index (κ2) is 5.93. The summed E-state index contributed by atoms with van der Waals surface area (Å²) in [6.07, 6.45) is 3.33. The molecule has 4 nitrogen and oxygen atoms in total. The van der Waals surface area contributed by atoms with Crippen molar-refractivity contribution in [1.29, 1.82) is 0 Å². The van der Waals surface area contributed by atoms with Gasteiger partial charge in [-0.3, -0.25) is 0 Å². The summed E-state index contributed by atoms with van der Waals surface area (Å²) in [6, 6.07) is 5.09. The van der Waals surface area contributed by atoms with Crippen LogP contribution in [0.1, 0.15) is 35.2 Å². The van der Waals surface area contributed by atoms with Crippen LogP contribution < -0.4 is 0 Å². The van der Waals surface area contributed by atoms with Crippen molar-refractivity contribution in [2.24, 2.45) is 0 Å². The smallest absolute Gasteiger partial charge is 0.335 e. The Kier molecular flexibility index (Phi) is 4.27. The molecule has 0 aliphatic carbocycles. The van der Waals surface area contributed by atoms with Gasteiger partial charge in [0.1, 0.15) is 10.8 Å². The highest BCUT2D eigenvalue weighted by molar-refractivity contribution is 7.99. The Morgan fingerprint density at radius 2 is 2.26 bits per heavy atom. The first-order valence-corrected chi connectivity index (χ1v) is 6.88. The third kappa shape index (κ3) is 3.38. The Hall–Kier alpha value is -1.75. The van der Waals surface area contributed by atoms with Crippen LogP contribution in [0, 0.1) is 6.92 Å². The van der Waals surface area contributed by atoms with Crippen LogP contribution in [-0.4, -0.2) is 16.1 Å². The van der Waals surface area contributed by atoms with Gasteiger partial charge in [0, 0.05) is 5.69 Å². The number of aryl methyl sites for hydroxylation is 2. The fraction of sp³-hybridized carbons (Fsp3) is 0.286. The van der Waals surface area contributed by atoms with Crippen LogP contribution in [0.2, 0.25) is 0 Å². The van der Waals surface area contributed by atoms with Crippen molar-refractivity contribution in [3.05, 3.63) is 41.5 Å². The molecule has 0 fully saturated rings. The summed E-state index contributed by atoms with van der Waals surface area (Å²) in [6.45, 7) is 3.92. The first-order valence-electron chi connectivity index (χ1n) is 6.06. The van der Waals surface area contributed by atoms with E-state index in [0.717, 1.165) is 29.2 Å². The van der Waals surface area contributed by atoms with Gasteiger partial charge < -0.3 is 9.52 Å². The number of carbonyl (C=O) groups is 1. The van der Waals surface area contributed by atoms with Crippen molar-refractivity contribution in [3.8, 4) is 0 Å². The van der Waals surface area contributed by atoms with Crippen LogP contribution in [-0.2, 0) is 6.42 Å². The summed E-state index contributed by atoms with van der Waals surface area (Å²) < 4.78 is 5.23. The molecule has 2 aromatic heterocycles. The lowest BCUT2D eigenvalue weighted by Gasteiger charge is -2.05. The average Bonchev–Trinajstić information content (AvgIpc) is 2.75. The molecule has 0 radical (unpaired) electrons. The van der Waals surface area contributed by atoms with E-state index in [0.29, 0.717) is 5.03 Å². The molecule has 100 valence electrons. The van der Waals surface area contributed by atoms with Gasteiger partial charge in [-0.25, -0.2) is 9.78 Å². The third-order valence-electron chi connectivity index (χ3n) is 2.63. The number of rotatable bonds is 5. The second-order valence-electron chi connectivity index (χ2n) is 4.18. The molecule has 1 N–H and O–H groups in total. The van der Waals surface area contributed by atoms with E-state index in [1.807, 2.05) is 19.9 Å². The van der Waals surface area contributed by atoms with Gasteiger partial charge in [-0.15, -0.1) is 0 Å². The minimum Gasteiger partial charge on any atom is -0.478 e. The Morgan fingerprint density at radius 1 is 1.47 bits per heavy atom. The first kappa shape index (κ1) is 13.7. The predicted octanol–water partition coefficient (Wildman–Crippen LogP) is 3.78. The monoisotopic (exact) mass is 277 g/mol. The topological polar surface area (TPSA) is 63.3 Å². The molecule has 0 bridgehead atoms. The zero-order chi connectivity index (χ0) is 13.8. The van der Waals surface area contributed by atoms with Gasteiger partial charge in [0.05, 0.1) is 16.7 Å². The maximum atomic E-state index is 11.1. The highest BCUT2D eigenvalue weighted by Crippen LogP contribution is 2.30. The molecule has 0 saturated heterocycles. The number of carboxylic acids is 1. The van der Waals surface area contributed by atoms with Gasteiger partial charge in [0.2, 0.25) is 0 Å². The SMILES string of the molecule is CCCc1cc(C(=O)O)cc(Sc2ccoc2C)n1. The molecular formula is C14H15NO3S. The maximum Gasteiger partial charge on any atom is 0.335 e. The normalized spacial score (nSPS) is 10.6. The highest BCUT2D eigenvalue weighted by atomic mass is 32.2. The number of aromatic nitrogens is 1.